The SMILES string of the molecule is O=C(c1cccc(COc2ccccc2Cl)c1)N1CCN(Cc2cccc(Cl)c2)CC1. The molecule has 1 amide bonds. The summed E-state index contributed by atoms with van der Waals surface area (Å²) in [7, 11) is 0. The molecule has 0 saturated carbocycles. The largest absolute Gasteiger partial charge is 0.487 e. The Bertz CT molecular complexity index is 1050. The molecule has 0 atom stereocenters. The van der Waals surface area contributed by atoms with Gasteiger partial charge >= 0.3 is 0 Å². The molecule has 0 aromatic heterocycles. The van der Waals surface area contributed by atoms with Crippen LogP contribution in [0.15, 0.2) is 72.8 Å². The average Bonchev–Trinajstić information content (AvgIpc) is 2.79. The zero-order valence-electron chi connectivity index (χ0n) is 17.1. The van der Waals surface area contributed by atoms with Crippen molar-refractivity contribution in [2.45, 2.75) is 13.2 Å². The summed E-state index contributed by atoms with van der Waals surface area (Å²) < 4.78 is 5.81. The first kappa shape index (κ1) is 21.7. The number of hydrogen-bond donors (Lipinski definition) is 0. The third-order valence-corrected chi connectivity index (χ3v) is 5.91. The molecule has 0 aliphatic carbocycles. The first-order valence-electron chi connectivity index (χ1n) is 10.3. The molecule has 1 aliphatic heterocycles. The molecule has 3 aromatic rings. The van der Waals surface area contributed by atoms with Crippen molar-refractivity contribution in [3.63, 3.8) is 0 Å². The van der Waals surface area contributed by atoms with Gasteiger partial charge in [-0.1, -0.05) is 59.6 Å². The molecule has 4 rings (SSSR count). The Kier molecular flexibility index (Phi) is 7.13. The van der Waals surface area contributed by atoms with Crippen molar-refractivity contribution in [1.29, 1.82) is 0 Å². The standard InChI is InChI=1S/C25H24Cl2N2O2/c26-22-8-4-5-19(16-22)17-28-11-13-29(14-12-28)25(30)21-7-3-6-20(15-21)18-31-24-10-2-1-9-23(24)27/h1-10,15-16H,11-14,17-18H2. The minimum atomic E-state index is 0.0574. The highest BCUT2D eigenvalue weighted by atomic mass is 35.5. The van der Waals surface area contributed by atoms with Crippen molar-refractivity contribution in [2.24, 2.45) is 0 Å². The van der Waals surface area contributed by atoms with Crippen LogP contribution in [0.2, 0.25) is 10.0 Å². The molecule has 4 nitrogen and oxygen atoms in total. The number of nitrogens with zero attached hydrogens (tertiary/aromatic N) is 2. The summed E-state index contributed by atoms with van der Waals surface area (Å²) in [4.78, 5) is 17.3. The summed E-state index contributed by atoms with van der Waals surface area (Å²) in [6, 6.07) is 22.9. The Morgan fingerprint density at radius 1 is 0.839 bits per heavy atom. The lowest BCUT2D eigenvalue weighted by Crippen LogP contribution is -2.48. The van der Waals surface area contributed by atoms with Crippen molar-refractivity contribution in [1.82, 2.24) is 9.80 Å². The van der Waals surface area contributed by atoms with E-state index in [9.17, 15) is 4.79 Å². The van der Waals surface area contributed by atoms with E-state index in [1.54, 1.807) is 6.07 Å². The maximum absolute atomic E-state index is 13.0. The molecule has 0 spiro atoms. The molecule has 31 heavy (non-hydrogen) atoms. The number of halogens is 2. The van der Waals surface area contributed by atoms with E-state index in [1.807, 2.05) is 65.6 Å². The normalized spacial score (nSPS) is 14.5. The van der Waals surface area contributed by atoms with Gasteiger partial charge in [-0.2, -0.15) is 0 Å². The maximum Gasteiger partial charge on any atom is 0.253 e. The van der Waals surface area contributed by atoms with Gasteiger partial charge < -0.3 is 9.64 Å². The molecule has 0 radical (unpaired) electrons. The van der Waals surface area contributed by atoms with E-state index in [1.165, 1.54) is 5.56 Å². The molecular formula is C25H24Cl2N2O2. The predicted octanol–water partition coefficient (Wildman–Crippen LogP) is 5.53. The molecule has 1 fully saturated rings. The monoisotopic (exact) mass is 454 g/mol. The van der Waals surface area contributed by atoms with E-state index < -0.39 is 0 Å². The summed E-state index contributed by atoms with van der Waals surface area (Å²) in [6.07, 6.45) is 0. The molecule has 0 bridgehead atoms. The minimum Gasteiger partial charge on any atom is -0.487 e. The smallest absolute Gasteiger partial charge is 0.253 e. The lowest BCUT2D eigenvalue weighted by atomic mass is 10.1. The van der Waals surface area contributed by atoms with Crippen LogP contribution in [0.25, 0.3) is 0 Å². The maximum atomic E-state index is 13.0. The van der Waals surface area contributed by atoms with Crippen molar-refractivity contribution in [3.8, 4) is 5.75 Å². The summed E-state index contributed by atoms with van der Waals surface area (Å²) in [5.74, 6) is 0.693. The number of rotatable bonds is 6. The molecule has 6 heteroatoms. The third-order valence-electron chi connectivity index (χ3n) is 5.36. The molecular weight excluding hydrogens is 431 g/mol. The Morgan fingerprint density at radius 3 is 2.35 bits per heavy atom. The van der Waals surface area contributed by atoms with Crippen LogP contribution >= 0.6 is 23.2 Å². The summed E-state index contributed by atoms with van der Waals surface area (Å²) in [5, 5.41) is 1.33. The van der Waals surface area contributed by atoms with Crippen LogP contribution in [0.5, 0.6) is 5.75 Å². The number of carbonyl (C=O) groups excluding carboxylic acids is 1. The second-order valence-electron chi connectivity index (χ2n) is 7.62. The van der Waals surface area contributed by atoms with Crippen LogP contribution in [-0.4, -0.2) is 41.9 Å². The second-order valence-corrected chi connectivity index (χ2v) is 8.46. The van der Waals surface area contributed by atoms with E-state index in [0.717, 1.165) is 30.2 Å². The number of piperazine rings is 1. The van der Waals surface area contributed by atoms with Gasteiger partial charge in [0, 0.05) is 43.3 Å². The van der Waals surface area contributed by atoms with E-state index in [-0.39, 0.29) is 5.91 Å². The fourth-order valence-electron chi connectivity index (χ4n) is 3.70. The molecule has 160 valence electrons. The summed E-state index contributed by atoms with van der Waals surface area (Å²) in [5.41, 5.74) is 2.81. The van der Waals surface area contributed by atoms with Gasteiger partial charge in [-0.15, -0.1) is 0 Å². The van der Waals surface area contributed by atoms with Crippen LogP contribution < -0.4 is 4.74 Å². The van der Waals surface area contributed by atoms with Crippen LogP contribution in [0.4, 0.5) is 0 Å². The summed E-state index contributed by atoms with van der Waals surface area (Å²) in [6.45, 7) is 4.30. The van der Waals surface area contributed by atoms with Gasteiger partial charge in [0.05, 0.1) is 5.02 Å². The Hall–Kier alpha value is -2.53. The van der Waals surface area contributed by atoms with Crippen molar-refractivity contribution < 1.29 is 9.53 Å². The fraction of sp³-hybridized carbons (Fsp3) is 0.240. The molecule has 3 aromatic carbocycles. The minimum absolute atomic E-state index is 0.0574. The van der Waals surface area contributed by atoms with Gasteiger partial charge in [0.15, 0.2) is 0 Å². The van der Waals surface area contributed by atoms with Gasteiger partial charge in [-0.3, -0.25) is 9.69 Å². The number of hydrogen-bond acceptors (Lipinski definition) is 3. The zero-order chi connectivity index (χ0) is 21.6. The van der Waals surface area contributed by atoms with Gasteiger partial charge in [-0.05, 0) is 47.5 Å². The summed E-state index contributed by atoms with van der Waals surface area (Å²) >= 11 is 12.2. The molecule has 0 N–H and O–H groups in total. The topological polar surface area (TPSA) is 32.8 Å². The van der Waals surface area contributed by atoms with Gasteiger partial charge in [0.2, 0.25) is 0 Å². The number of para-hydroxylation sites is 1. The van der Waals surface area contributed by atoms with Gasteiger partial charge in [-0.25, -0.2) is 0 Å². The lowest BCUT2D eigenvalue weighted by Gasteiger charge is -2.35. The van der Waals surface area contributed by atoms with E-state index in [0.29, 0.717) is 36.0 Å². The molecule has 0 unspecified atom stereocenters. The van der Waals surface area contributed by atoms with Crippen molar-refractivity contribution >= 4 is 29.1 Å². The highest BCUT2D eigenvalue weighted by Crippen LogP contribution is 2.24. The van der Waals surface area contributed by atoms with Crippen molar-refractivity contribution in [2.75, 3.05) is 26.2 Å². The second kappa shape index (κ2) is 10.2. The fourth-order valence-corrected chi connectivity index (χ4v) is 4.11. The van der Waals surface area contributed by atoms with Gasteiger partial charge in [0.25, 0.3) is 5.91 Å². The molecule has 1 aliphatic rings. The highest BCUT2D eigenvalue weighted by Gasteiger charge is 2.22. The Labute approximate surface area is 192 Å². The van der Waals surface area contributed by atoms with Crippen LogP contribution in [0.3, 0.4) is 0 Å². The zero-order valence-corrected chi connectivity index (χ0v) is 18.6. The first-order valence-corrected chi connectivity index (χ1v) is 11.1. The van der Waals surface area contributed by atoms with Crippen LogP contribution in [0, 0.1) is 0 Å². The number of ether oxygens (including phenoxy) is 1. The Morgan fingerprint density at radius 2 is 1.58 bits per heavy atom. The van der Waals surface area contributed by atoms with E-state index in [2.05, 4.69) is 11.0 Å². The predicted molar refractivity (Wildman–Crippen MR) is 125 cm³/mol. The molecule has 1 heterocycles. The van der Waals surface area contributed by atoms with Crippen LogP contribution in [-0.2, 0) is 13.2 Å². The highest BCUT2D eigenvalue weighted by molar-refractivity contribution is 6.32. The van der Waals surface area contributed by atoms with E-state index >= 15 is 0 Å². The number of amides is 1. The number of carbonyl (C=O) groups is 1. The van der Waals surface area contributed by atoms with Crippen LogP contribution in [0.1, 0.15) is 21.5 Å². The van der Waals surface area contributed by atoms with Gasteiger partial charge in [0.1, 0.15) is 12.4 Å². The number of benzene rings is 3. The Balaban J connectivity index is 1.32. The quantitative estimate of drug-likeness (QED) is 0.490. The first-order chi connectivity index (χ1) is 15.1. The van der Waals surface area contributed by atoms with Crippen molar-refractivity contribution in [3.05, 3.63) is 99.5 Å². The molecule has 1 saturated heterocycles. The lowest BCUT2D eigenvalue weighted by molar-refractivity contribution is 0.0628. The average molecular weight is 455 g/mol. The van der Waals surface area contributed by atoms with E-state index in [4.69, 9.17) is 27.9 Å². The third kappa shape index (κ3) is 5.79.